The van der Waals surface area contributed by atoms with Gasteiger partial charge < -0.3 is 15.5 Å². The third-order valence-corrected chi connectivity index (χ3v) is 3.66. The van der Waals surface area contributed by atoms with Crippen LogP contribution in [0.15, 0.2) is 27.4 Å². The Bertz CT molecular complexity index is 682. The normalized spacial score (nSPS) is 16.5. The average Bonchev–Trinajstić information content (AvgIpc) is 3.12. The van der Waals surface area contributed by atoms with Crippen molar-refractivity contribution in [2.24, 2.45) is 11.1 Å². The fourth-order valence-corrected chi connectivity index (χ4v) is 2.15. The van der Waals surface area contributed by atoms with Crippen molar-refractivity contribution in [2.45, 2.75) is 19.4 Å². The number of amides is 1. The molecule has 4 N–H and O–H groups in total. The number of benzene rings is 1. The Kier molecular flexibility index (Phi) is 2.67. The van der Waals surface area contributed by atoms with Gasteiger partial charge in [0.25, 0.3) is 0 Å². The summed E-state index contributed by atoms with van der Waals surface area (Å²) in [6.45, 7) is 0.816. The zero-order chi connectivity index (χ0) is 13.5. The summed E-state index contributed by atoms with van der Waals surface area (Å²) in [4.78, 5) is 25.6. The highest BCUT2D eigenvalue weighted by Gasteiger charge is 2.48. The molecule has 100 valence electrons. The topological polar surface area (TPSA) is 101 Å². The van der Waals surface area contributed by atoms with Gasteiger partial charge in [-0.2, -0.15) is 0 Å². The second-order valence-electron chi connectivity index (χ2n) is 5.01. The number of carbonyl (C=O) groups excluding carboxylic acids is 1. The summed E-state index contributed by atoms with van der Waals surface area (Å²) >= 11 is 0. The molecule has 1 heterocycles. The van der Waals surface area contributed by atoms with Crippen LogP contribution in [0.25, 0.3) is 11.1 Å². The van der Waals surface area contributed by atoms with Gasteiger partial charge in [0.1, 0.15) is 0 Å². The third kappa shape index (κ3) is 2.15. The van der Waals surface area contributed by atoms with Crippen LogP contribution in [0, 0.1) is 5.41 Å². The Morgan fingerprint density at radius 1 is 1.47 bits per heavy atom. The number of carbonyl (C=O) groups is 1. The van der Waals surface area contributed by atoms with Gasteiger partial charge in [-0.15, -0.1) is 0 Å². The highest BCUT2D eigenvalue weighted by molar-refractivity contribution is 5.85. The zero-order valence-electron chi connectivity index (χ0n) is 10.4. The fraction of sp³-hybridized carbons (Fsp3) is 0.385. The van der Waals surface area contributed by atoms with Gasteiger partial charge in [-0.1, -0.05) is 6.07 Å². The van der Waals surface area contributed by atoms with Gasteiger partial charge in [0.05, 0.1) is 10.9 Å². The molecule has 0 aliphatic heterocycles. The number of aromatic amines is 1. The van der Waals surface area contributed by atoms with Crippen LogP contribution in [0.4, 0.5) is 0 Å². The van der Waals surface area contributed by atoms with Crippen molar-refractivity contribution < 1.29 is 9.21 Å². The molecule has 6 heteroatoms. The molecule has 3 rings (SSSR count). The largest absolute Gasteiger partial charge is 0.417 e. The maximum absolute atomic E-state index is 11.9. The Labute approximate surface area is 109 Å². The molecule has 0 atom stereocenters. The molecule has 1 amide bonds. The first-order chi connectivity index (χ1) is 9.13. The Hall–Kier alpha value is -2.08. The summed E-state index contributed by atoms with van der Waals surface area (Å²) < 4.78 is 4.92. The van der Waals surface area contributed by atoms with Crippen LogP contribution in [0.1, 0.15) is 18.4 Å². The number of H-pyrrole nitrogens is 1. The van der Waals surface area contributed by atoms with Crippen LogP contribution >= 0.6 is 0 Å². The summed E-state index contributed by atoms with van der Waals surface area (Å²) in [7, 11) is 0. The van der Waals surface area contributed by atoms with Crippen LogP contribution < -0.4 is 16.8 Å². The van der Waals surface area contributed by atoms with Crippen molar-refractivity contribution in [1.82, 2.24) is 10.3 Å². The standard InChI is InChI=1S/C13H15N3O3/c14-7-13(3-4-13)11(17)15-6-8-1-2-10-9(5-8)16-12(18)19-10/h1-2,5H,3-4,6-7,14H2,(H,15,17)(H,16,18). The molecule has 1 saturated carbocycles. The van der Waals surface area contributed by atoms with Gasteiger partial charge in [-0.3, -0.25) is 9.78 Å². The number of rotatable bonds is 4. The first-order valence-electron chi connectivity index (χ1n) is 6.23. The van der Waals surface area contributed by atoms with E-state index < -0.39 is 5.76 Å². The number of nitrogens with one attached hydrogen (secondary N) is 2. The molecular weight excluding hydrogens is 246 g/mol. The molecule has 6 nitrogen and oxygen atoms in total. The molecular formula is C13H15N3O3. The van der Waals surface area contributed by atoms with Crippen LogP contribution in [0.2, 0.25) is 0 Å². The predicted molar refractivity (Wildman–Crippen MR) is 69.4 cm³/mol. The van der Waals surface area contributed by atoms with E-state index in [4.69, 9.17) is 10.2 Å². The highest BCUT2D eigenvalue weighted by Crippen LogP contribution is 2.44. The Morgan fingerprint density at radius 3 is 2.95 bits per heavy atom. The number of hydrogen-bond acceptors (Lipinski definition) is 4. The lowest BCUT2D eigenvalue weighted by Gasteiger charge is -2.12. The minimum atomic E-state index is -0.476. The first kappa shape index (κ1) is 12.0. The zero-order valence-corrected chi connectivity index (χ0v) is 10.4. The van der Waals surface area contributed by atoms with Gasteiger partial charge in [-0.25, -0.2) is 4.79 Å². The van der Waals surface area contributed by atoms with Crippen molar-refractivity contribution in [3.05, 3.63) is 34.3 Å². The van der Waals surface area contributed by atoms with E-state index in [1.807, 2.05) is 6.07 Å². The molecule has 1 aromatic heterocycles. The van der Waals surface area contributed by atoms with E-state index in [1.165, 1.54) is 0 Å². The fourth-order valence-electron chi connectivity index (χ4n) is 2.15. The second-order valence-corrected chi connectivity index (χ2v) is 5.01. The third-order valence-electron chi connectivity index (χ3n) is 3.66. The lowest BCUT2D eigenvalue weighted by atomic mass is 10.1. The number of fused-ring (bicyclic) bond motifs is 1. The number of aromatic nitrogens is 1. The molecule has 1 fully saturated rings. The van der Waals surface area contributed by atoms with Crippen molar-refractivity contribution >= 4 is 17.0 Å². The van der Waals surface area contributed by atoms with E-state index in [2.05, 4.69) is 10.3 Å². The van der Waals surface area contributed by atoms with Crippen LogP contribution in [-0.2, 0) is 11.3 Å². The first-order valence-corrected chi connectivity index (χ1v) is 6.23. The molecule has 0 radical (unpaired) electrons. The predicted octanol–water partition coefficient (Wildman–Crippen LogP) is 0.476. The minimum Gasteiger partial charge on any atom is -0.408 e. The summed E-state index contributed by atoms with van der Waals surface area (Å²) in [5.74, 6) is -0.466. The van der Waals surface area contributed by atoms with Gasteiger partial charge in [0, 0.05) is 13.1 Å². The van der Waals surface area contributed by atoms with Crippen LogP contribution in [-0.4, -0.2) is 17.4 Å². The lowest BCUT2D eigenvalue weighted by Crippen LogP contribution is -2.36. The number of nitrogens with two attached hydrogens (primary N) is 1. The maximum atomic E-state index is 11.9. The summed E-state index contributed by atoms with van der Waals surface area (Å²) in [5, 5.41) is 2.88. The van der Waals surface area contributed by atoms with E-state index in [0.717, 1.165) is 18.4 Å². The van der Waals surface area contributed by atoms with E-state index in [0.29, 0.717) is 24.2 Å². The highest BCUT2D eigenvalue weighted by atomic mass is 16.4. The number of hydrogen-bond donors (Lipinski definition) is 3. The van der Waals surface area contributed by atoms with E-state index in [1.54, 1.807) is 12.1 Å². The average molecular weight is 261 g/mol. The smallest absolute Gasteiger partial charge is 0.408 e. The van der Waals surface area contributed by atoms with E-state index >= 15 is 0 Å². The molecule has 2 aromatic rings. The summed E-state index contributed by atoms with van der Waals surface area (Å²) in [6, 6.07) is 5.33. The summed E-state index contributed by atoms with van der Waals surface area (Å²) in [6.07, 6.45) is 1.73. The van der Waals surface area contributed by atoms with Gasteiger partial charge in [0.2, 0.25) is 5.91 Å². The van der Waals surface area contributed by atoms with Crippen molar-refractivity contribution in [3.8, 4) is 0 Å². The van der Waals surface area contributed by atoms with Gasteiger partial charge in [0.15, 0.2) is 5.58 Å². The number of oxazole rings is 1. The van der Waals surface area contributed by atoms with Crippen molar-refractivity contribution in [2.75, 3.05) is 6.54 Å². The molecule has 1 aliphatic rings. The van der Waals surface area contributed by atoms with Crippen molar-refractivity contribution in [3.63, 3.8) is 0 Å². The molecule has 1 aliphatic carbocycles. The van der Waals surface area contributed by atoms with E-state index in [-0.39, 0.29) is 11.3 Å². The van der Waals surface area contributed by atoms with E-state index in [9.17, 15) is 9.59 Å². The monoisotopic (exact) mass is 261 g/mol. The second kappa shape index (κ2) is 4.24. The SMILES string of the molecule is NCC1(C(=O)NCc2ccc3oc(=O)[nH]c3c2)CC1. The lowest BCUT2D eigenvalue weighted by molar-refractivity contribution is -0.126. The molecule has 19 heavy (non-hydrogen) atoms. The van der Waals surface area contributed by atoms with Crippen molar-refractivity contribution in [1.29, 1.82) is 0 Å². The van der Waals surface area contributed by atoms with Crippen LogP contribution in [0.3, 0.4) is 0 Å². The molecule has 0 unspecified atom stereocenters. The van der Waals surface area contributed by atoms with Gasteiger partial charge >= 0.3 is 5.76 Å². The molecule has 1 aromatic carbocycles. The minimum absolute atomic E-state index is 0.00999. The Morgan fingerprint density at radius 2 is 2.26 bits per heavy atom. The molecule has 0 bridgehead atoms. The van der Waals surface area contributed by atoms with Gasteiger partial charge in [-0.05, 0) is 30.5 Å². The Balaban J connectivity index is 1.71. The van der Waals surface area contributed by atoms with Crippen LogP contribution in [0.5, 0.6) is 0 Å². The summed E-state index contributed by atoms with van der Waals surface area (Å²) in [5.41, 5.74) is 7.32. The molecule has 0 spiro atoms. The quantitative estimate of drug-likeness (QED) is 0.744. The maximum Gasteiger partial charge on any atom is 0.417 e. The molecule has 0 saturated heterocycles.